The van der Waals surface area contributed by atoms with Crippen molar-refractivity contribution in [3.05, 3.63) is 16.9 Å². The maximum atomic E-state index is 5.46. The Kier molecular flexibility index (Phi) is 3.46. The van der Waals surface area contributed by atoms with Gasteiger partial charge in [-0.1, -0.05) is 6.92 Å². The highest BCUT2D eigenvalue weighted by Gasteiger charge is 2.28. The van der Waals surface area contributed by atoms with Crippen molar-refractivity contribution in [2.45, 2.75) is 26.3 Å². The Morgan fingerprint density at radius 3 is 2.55 bits per heavy atom. The molecule has 108 valence electrons. The summed E-state index contributed by atoms with van der Waals surface area (Å²) in [5.41, 5.74) is 2.08. The van der Waals surface area contributed by atoms with Gasteiger partial charge in [0.1, 0.15) is 0 Å². The standard InChI is InChI=1S/C15H20N2O2S/c1-9(10-4-5-10)8-17-12-7-14(19-3)13(18-2)6-11(12)16-15(17)20/h6-7,9-10H,4-5,8H2,1-3H3,(H,16,20). The second-order valence-corrected chi connectivity index (χ2v) is 5.97. The highest BCUT2D eigenvalue weighted by Crippen LogP contribution is 2.38. The van der Waals surface area contributed by atoms with Gasteiger partial charge in [0.2, 0.25) is 0 Å². The number of aromatic nitrogens is 2. The molecule has 0 bridgehead atoms. The minimum absolute atomic E-state index is 0.661. The molecular weight excluding hydrogens is 272 g/mol. The van der Waals surface area contributed by atoms with E-state index in [4.69, 9.17) is 21.7 Å². The van der Waals surface area contributed by atoms with Crippen LogP contribution in [0.25, 0.3) is 11.0 Å². The number of nitrogens with zero attached hydrogens (tertiary/aromatic N) is 1. The van der Waals surface area contributed by atoms with Gasteiger partial charge in [0, 0.05) is 18.7 Å². The van der Waals surface area contributed by atoms with E-state index in [0.717, 1.165) is 39.8 Å². The molecule has 1 aromatic carbocycles. The number of aromatic amines is 1. The lowest BCUT2D eigenvalue weighted by molar-refractivity contribution is 0.355. The normalized spacial score (nSPS) is 16.4. The van der Waals surface area contributed by atoms with Crippen LogP contribution < -0.4 is 9.47 Å². The zero-order chi connectivity index (χ0) is 14.3. The number of rotatable bonds is 5. The molecule has 1 heterocycles. The average Bonchev–Trinajstić information content (AvgIpc) is 3.24. The van der Waals surface area contributed by atoms with E-state index >= 15 is 0 Å². The first kappa shape index (κ1) is 13.5. The van der Waals surface area contributed by atoms with Crippen LogP contribution in [0.4, 0.5) is 0 Å². The lowest BCUT2D eigenvalue weighted by atomic mass is 10.1. The molecule has 5 heteroatoms. The Hall–Kier alpha value is -1.49. The third kappa shape index (κ3) is 2.30. The summed E-state index contributed by atoms with van der Waals surface area (Å²) < 4.78 is 13.7. The van der Waals surface area contributed by atoms with Crippen LogP contribution in [0.2, 0.25) is 0 Å². The quantitative estimate of drug-likeness (QED) is 0.853. The fraction of sp³-hybridized carbons (Fsp3) is 0.533. The van der Waals surface area contributed by atoms with Gasteiger partial charge in [0.25, 0.3) is 0 Å². The van der Waals surface area contributed by atoms with Crippen LogP contribution in [0.3, 0.4) is 0 Å². The van der Waals surface area contributed by atoms with Crippen LogP contribution in [0.5, 0.6) is 11.5 Å². The molecule has 0 amide bonds. The van der Waals surface area contributed by atoms with Gasteiger partial charge in [-0.2, -0.15) is 0 Å². The van der Waals surface area contributed by atoms with Gasteiger partial charge >= 0.3 is 0 Å². The molecule has 1 aliphatic carbocycles. The van der Waals surface area contributed by atoms with E-state index in [-0.39, 0.29) is 0 Å². The Morgan fingerprint density at radius 1 is 1.30 bits per heavy atom. The van der Waals surface area contributed by atoms with Gasteiger partial charge in [0.05, 0.1) is 25.3 Å². The molecule has 0 saturated heterocycles. The molecule has 1 atom stereocenters. The van der Waals surface area contributed by atoms with Crippen molar-refractivity contribution in [3.63, 3.8) is 0 Å². The van der Waals surface area contributed by atoms with Crippen LogP contribution in [0.15, 0.2) is 12.1 Å². The third-order valence-electron chi connectivity index (χ3n) is 4.18. The van der Waals surface area contributed by atoms with Crippen molar-refractivity contribution in [2.75, 3.05) is 14.2 Å². The van der Waals surface area contributed by atoms with Crippen LogP contribution >= 0.6 is 12.2 Å². The highest BCUT2D eigenvalue weighted by molar-refractivity contribution is 7.71. The van der Waals surface area contributed by atoms with Crippen molar-refractivity contribution < 1.29 is 9.47 Å². The van der Waals surface area contributed by atoms with E-state index in [2.05, 4.69) is 16.5 Å². The number of benzene rings is 1. The zero-order valence-corrected chi connectivity index (χ0v) is 12.9. The minimum Gasteiger partial charge on any atom is -0.493 e. The van der Waals surface area contributed by atoms with Gasteiger partial charge < -0.3 is 19.0 Å². The first-order valence-corrected chi connectivity index (χ1v) is 7.39. The molecule has 1 fully saturated rings. The summed E-state index contributed by atoms with van der Waals surface area (Å²) in [6.07, 6.45) is 2.71. The Labute approximate surface area is 123 Å². The van der Waals surface area contributed by atoms with Crippen molar-refractivity contribution >= 4 is 23.3 Å². The lowest BCUT2D eigenvalue weighted by Crippen LogP contribution is -2.09. The Morgan fingerprint density at radius 2 is 1.95 bits per heavy atom. The summed E-state index contributed by atoms with van der Waals surface area (Å²) in [4.78, 5) is 3.26. The molecule has 1 saturated carbocycles. The molecule has 2 aromatic rings. The largest absolute Gasteiger partial charge is 0.493 e. The molecule has 0 radical (unpaired) electrons. The van der Waals surface area contributed by atoms with Gasteiger partial charge in [0.15, 0.2) is 16.3 Å². The number of hydrogen-bond acceptors (Lipinski definition) is 3. The number of hydrogen-bond donors (Lipinski definition) is 1. The molecule has 1 aromatic heterocycles. The molecule has 4 nitrogen and oxygen atoms in total. The number of ether oxygens (including phenoxy) is 2. The van der Waals surface area contributed by atoms with E-state index in [1.54, 1.807) is 14.2 Å². The number of imidazole rings is 1. The molecule has 3 rings (SSSR count). The fourth-order valence-corrected chi connectivity index (χ4v) is 3.05. The van der Waals surface area contributed by atoms with Crippen LogP contribution in [-0.4, -0.2) is 23.8 Å². The molecule has 1 aliphatic rings. The average molecular weight is 292 g/mol. The second-order valence-electron chi connectivity index (χ2n) is 5.58. The SMILES string of the molecule is COc1cc2[nH]c(=S)n(CC(C)C3CC3)c2cc1OC. The molecule has 1 unspecified atom stereocenters. The first-order valence-electron chi connectivity index (χ1n) is 6.98. The summed E-state index contributed by atoms with van der Waals surface area (Å²) in [5.74, 6) is 2.98. The highest BCUT2D eigenvalue weighted by atomic mass is 32.1. The predicted molar refractivity (Wildman–Crippen MR) is 82.1 cm³/mol. The van der Waals surface area contributed by atoms with E-state index < -0.39 is 0 Å². The smallest absolute Gasteiger partial charge is 0.178 e. The van der Waals surface area contributed by atoms with Crippen LogP contribution in [0.1, 0.15) is 19.8 Å². The fourth-order valence-electron chi connectivity index (χ4n) is 2.77. The van der Waals surface area contributed by atoms with E-state index in [1.807, 2.05) is 12.1 Å². The van der Waals surface area contributed by atoms with Crippen molar-refractivity contribution in [2.24, 2.45) is 11.8 Å². The first-order chi connectivity index (χ1) is 9.63. The topological polar surface area (TPSA) is 39.2 Å². The summed E-state index contributed by atoms with van der Waals surface area (Å²) >= 11 is 5.46. The van der Waals surface area contributed by atoms with Gasteiger partial charge in [-0.25, -0.2) is 0 Å². The number of nitrogens with one attached hydrogen (secondary N) is 1. The Bertz CT molecular complexity index is 685. The predicted octanol–water partition coefficient (Wildman–Crippen LogP) is 3.76. The number of methoxy groups -OCH3 is 2. The summed E-state index contributed by atoms with van der Waals surface area (Å²) in [6, 6.07) is 3.95. The minimum atomic E-state index is 0.661. The van der Waals surface area contributed by atoms with Crippen molar-refractivity contribution in [3.8, 4) is 11.5 Å². The van der Waals surface area contributed by atoms with Crippen molar-refractivity contribution in [1.29, 1.82) is 0 Å². The monoisotopic (exact) mass is 292 g/mol. The maximum absolute atomic E-state index is 5.46. The van der Waals surface area contributed by atoms with E-state index in [0.29, 0.717) is 5.92 Å². The molecule has 0 aliphatic heterocycles. The molecule has 1 N–H and O–H groups in total. The van der Waals surface area contributed by atoms with Crippen molar-refractivity contribution in [1.82, 2.24) is 9.55 Å². The lowest BCUT2D eigenvalue weighted by Gasteiger charge is -2.13. The van der Waals surface area contributed by atoms with Gasteiger partial charge in [-0.15, -0.1) is 0 Å². The number of H-pyrrole nitrogens is 1. The van der Waals surface area contributed by atoms with Crippen LogP contribution in [0, 0.1) is 16.6 Å². The Balaban J connectivity index is 2.06. The molecule has 0 spiro atoms. The molecular formula is C15H20N2O2S. The number of fused-ring (bicyclic) bond motifs is 1. The summed E-state index contributed by atoms with van der Waals surface area (Å²) in [7, 11) is 3.30. The van der Waals surface area contributed by atoms with E-state index in [9.17, 15) is 0 Å². The maximum Gasteiger partial charge on any atom is 0.178 e. The second kappa shape index (κ2) is 5.13. The third-order valence-corrected chi connectivity index (χ3v) is 4.50. The van der Waals surface area contributed by atoms with Gasteiger partial charge in [-0.3, -0.25) is 0 Å². The summed E-state index contributed by atoms with van der Waals surface area (Å²) in [6.45, 7) is 3.26. The van der Waals surface area contributed by atoms with Gasteiger partial charge in [-0.05, 0) is 36.9 Å². The molecule has 20 heavy (non-hydrogen) atoms. The zero-order valence-electron chi connectivity index (χ0n) is 12.1. The van der Waals surface area contributed by atoms with Crippen LogP contribution in [-0.2, 0) is 6.54 Å². The van der Waals surface area contributed by atoms with E-state index in [1.165, 1.54) is 12.8 Å². The summed E-state index contributed by atoms with van der Waals surface area (Å²) in [5, 5.41) is 0.